The number of alkyl halides is 1. The van der Waals surface area contributed by atoms with Gasteiger partial charge in [0.25, 0.3) is 10.1 Å². The van der Waals surface area contributed by atoms with Crippen molar-refractivity contribution in [3.8, 4) is 0 Å². The summed E-state index contributed by atoms with van der Waals surface area (Å²) < 4.78 is 26.8. The molecule has 0 saturated heterocycles. The van der Waals surface area contributed by atoms with Crippen LogP contribution in [0.15, 0.2) is 0 Å². The first-order valence-electron chi connectivity index (χ1n) is 3.61. The molecule has 0 radical (unpaired) electrons. The van der Waals surface area contributed by atoms with Crippen LogP contribution < -0.4 is 0 Å². The first-order chi connectivity index (χ1) is 5.14. The van der Waals surface area contributed by atoms with E-state index in [1.54, 1.807) is 0 Å². The zero-order valence-electron chi connectivity index (χ0n) is 6.12. The van der Waals surface area contributed by atoms with Crippen molar-refractivity contribution in [2.45, 2.75) is 25.4 Å². The second-order valence-electron chi connectivity index (χ2n) is 2.60. The Kier molecular flexibility index (Phi) is 3.33. The molecule has 1 aliphatic carbocycles. The maximum Gasteiger partial charge on any atom is 0.267 e. The van der Waals surface area contributed by atoms with Gasteiger partial charge >= 0.3 is 0 Å². The molecule has 0 spiro atoms. The third kappa shape index (κ3) is 4.08. The summed E-state index contributed by atoms with van der Waals surface area (Å²) in [6.45, 7) is 0. The van der Waals surface area contributed by atoms with E-state index >= 15 is 0 Å². The molecule has 0 amide bonds. The zero-order valence-corrected chi connectivity index (χ0v) is 8.53. The molecule has 1 aliphatic rings. The lowest BCUT2D eigenvalue weighted by Gasteiger charge is -2.01. The summed E-state index contributed by atoms with van der Waals surface area (Å²) in [6, 6.07) is 0. The molecular weight excluding hydrogens is 232 g/mol. The summed E-state index contributed by atoms with van der Waals surface area (Å²) in [6.07, 6.45) is 2.41. The van der Waals surface area contributed by atoms with Gasteiger partial charge in [-0.05, 0) is 19.3 Å². The predicted molar refractivity (Wildman–Crippen MR) is 46.3 cm³/mol. The number of hydrogen-bond acceptors (Lipinski definition) is 3. The van der Waals surface area contributed by atoms with E-state index in [1.165, 1.54) is 0 Å². The summed E-state index contributed by atoms with van der Waals surface area (Å²) >= 11 is 3.16. The lowest BCUT2D eigenvalue weighted by atomic mass is 10.6. The Hall–Kier alpha value is 0.390. The molecule has 0 atom stereocenters. The Morgan fingerprint density at radius 2 is 2.09 bits per heavy atom. The third-order valence-corrected chi connectivity index (χ3v) is 3.25. The lowest BCUT2D eigenvalue weighted by Crippen LogP contribution is -2.12. The minimum Gasteiger partial charge on any atom is -0.267 e. The van der Waals surface area contributed by atoms with Gasteiger partial charge in [0.1, 0.15) is 0 Å². The Balaban J connectivity index is 2.26. The fourth-order valence-corrected chi connectivity index (χ4v) is 2.50. The standard InChI is InChI=1S/C6H11BrO3S/c7-4-1-5-11(8,9)10-6-2-3-6/h6H,1-5H2. The average molecular weight is 243 g/mol. The molecule has 0 heterocycles. The van der Waals surface area contributed by atoms with Gasteiger partial charge in [-0.15, -0.1) is 0 Å². The van der Waals surface area contributed by atoms with E-state index in [0.29, 0.717) is 11.8 Å². The van der Waals surface area contributed by atoms with Crippen LogP contribution in [0.2, 0.25) is 0 Å². The first-order valence-corrected chi connectivity index (χ1v) is 6.31. The summed E-state index contributed by atoms with van der Waals surface area (Å²) in [5.41, 5.74) is 0. The summed E-state index contributed by atoms with van der Waals surface area (Å²) in [4.78, 5) is 0. The molecule has 0 N–H and O–H groups in total. The monoisotopic (exact) mass is 242 g/mol. The van der Waals surface area contributed by atoms with E-state index in [1.807, 2.05) is 0 Å². The van der Waals surface area contributed by atoms with Crippen molar-refractivity contribution >= 4 is 26.0 Å². The van der Waals surface area contributed by atoms with E-state index in [-0.39, 0.29) is 11.9 Å². The Morgan fingerprint density at radius 1 is 1.45 bits per heavy atom. The molecule has 1 saturated carbocycles. The Morgan fingerprint density at radius 3 is 2.55 bits per heavy atom. The van der Waals surface area contributed by atoms with Crippen LogP contribution in [0.1, 0.15) is 19.3 Å². The summed E-state index contributed by atoms with van der Waals surface area (Å²) in [7, 11) is -3.21. The lowest BCUT2D eigenvalue weighted by molar-refractivity contribution is 0.305. The van der Waals surface area contributed by atoms with E-state index in [4.69, 9.17) is 4.18 Å². The van der Waals surface area contributed by atoms with Crippen LogP contribution in [0.5, 0.6) is 0 Å². The first kappa shape index (κ1) is 9.48. The molecule has 0 unspecified atom stereocenters. The minimum absolute atomic E-state index is 0.00433. The molecule has 0 aromatic rings. The van der Waals surface area contributed by atoms with E-state index in [9.17, 15) is 8.42 Å². The second-order valence-corrected chi connectivity index (χ2v) is 5.11. The maximum atomic E-state index is 11.0. The highest BCUT2D eigenvalue weighted by Crippen LogP contribution is 2.25. The fraction of sp³-hybridized carbons (Fsp3) is 1.00. The molecule has 5 heteroatoms. The van der Waals surface area contributed by atoms with Gasteiger partial charge in [-0.1, -0.05) is 15.9 Å². The van der Waals surface area contributed by atoms with Gasteiger partial charge in [-0.2, -0.15) is 8.42 Å². The number of hydrogen-bond donors (Lipinski definition) is 0. The largest absolute Gasteiger partial charge is 0.267 e. The number of halogens is 1. The highest BCUT2D eigenvalue weighted by atomic mass is 79.9. The third-order valence-electron chi connectivity index (χ3n) is 1.34. The van der Waals surface area contributed by atoms with Gasteiger partial charge < -0.3 is 0 Å². The second kappa shape index (κ2) is 3.87. The van der Waals surface area contributed by atoms with Gasteiger partial charge in [0.05, 0.1) is 11.9 Å². The van der Waals surface area contributed by atoms with Crippen molar-refractivity contribution in [1.82, 2.24) is 0 Å². The molecule has 1 rings (SSSR count). The quantitative estimate of drug-likeness (QED) is 0.539. The molecule has 1 fully saturated rings. The van der Waals surface area contributed by atoms with Crippen molar-refractivity contribution in [2.24, 2.45) is 0 Å². The van der Waals surface area contributed by atoms with Crippen molar-refractivity contribution in [1.29, 1.82) is 0 Å². The molecule has 3 nitrogen and oxygen atoms in total. The van der Waals surface area contributed by atoms with Crippen LogP contribution in [0.25, 0.3) is 0 Å². The van der Waals surface area contributed by atoms with Gasteiger partial charge in [0.15, 0.2) is 0 Å². The molecule has 11 heavy (non-hydrogen) atoms. The SMILES string of the molecule is O=S(=O)(CCCBr)OC1CC1. The van der Waals surface area contributed by atoms with E-state index in [0.717, 1.165) is 12.8 Å². The van der Waals surface area contributed by atoms with E-state index < -0.39 is 10.1 Å². The minimum atomic E-state index is -3.21. The van der Waals surface area contributed by atoms with Crippen LogP contribution in [0.4, 0.5) is 0 Å². The molecule has 0 aromatic carbocycles. The Labute approximate surface area is 75.4 Å². The number of rotatable bonds is 5. The normalized spacial score (nSPS) is 18.6. The van der Waals surface area contributed by atoms with Crippen molar-refractivity contribution < 1.29 is 12.6 Å². The van der Waals surface area contributed by atoms with Crippen LogP contribution in [0.3, 0.4) is 0 Å². The molecular formula is C6H11BrO3S. The predicted octanol–water partition coefficient (Wildman–Crippen LogP) is 1.28. The smallest absolute Gasteiger partial charge is 0.267 e. The van der Waals surface area contributed by atoms with Crippen LogP contribution in [0, 0.1) is 0 Å². The molecule has 66 valence electrons. The zero-order chi connectivity index (χ0) is 8.32. The summed E-state index contributed by atoms with van der Waals surface area (Å²) in [5.74, 6) is 0.134. The molecule has 0 bridgehead atoms. The highest BCUT2D eigenvalue weighted by molar-refractivity contribution is 9.09. The van der Waals surface area contributed by atoms with Gasteiger partial charge in [-0.3, -0.25) is 4.18 Å². The Bertz CT molecular complexity index is 208. The van der Waals surface area contributed by atoms with Crippen LogP contribution in [-0.4, -0.2) is 25.6 Å². The van der Waals surface area contributed by atoms with Gasteiger partial charge in [0, 0.05) is 5.33 Å². The van der Waals surface area contributed by atoms with Crippen LogP contribution >= 0.6 is 15.9 Å². The van der Waals surface area contributed by atoms with Crippen molar-refractivity contribution in [2.75, 3.05) is 11.1 Å². The van der Waals surface area contributed by atoms with Crippen molar-refractivity contribution in [3.05, 3.63) is 0 Å². The van der Waals surface area contributed by atoms with Gasteiger partial charge in [-0.25, -0.2) is 0 Å². The topological polar surface area (TPSA) is 43.4 Å². The average Bonchev–Trinajstić information content (AvgIpc) is 2.67. The van der Waals surface area contributed by atoms with Crippen LogP contribution in [-0.2, 0) is 14.3 Å². The van der Waals surface area contributed by atoms with Gasteiger partial charge in [0.2, 0.25) is 0 Å². The fourth-order valence-electron chi connectivity index (χ4n) is 0.651. The molecule has 0 aromatic heterocycles. The summed E-state index contributed by atoms with van der Waals surface area (Å²) in [5, 5.41) is 0.709. The molecule has 0 aliphatic heterocycles. The highest BCUT2D eigenvalue weighted by Gasteiger charge is 2.28. The van der Waals surface area contributed by atoms with Crippen molar-refractivity contribution in [3.63, 3.8) is 0 Å². The van der Waals surface area contributed by atoms with E-state index in [2.05, 4.69) is 15.9 Å². The maximum absolute atomic E-state index is 11.0.